The molecule has 0 atom stereocenters. The molecule has 5 nitrogen and oxygen atoms in total. The fourth-order valence-electron chi connectivity index (χ4n) is 4.45. The predicted octanol–water partition coefficient (Wildman–Crippen LogP) is 4.81. The van der Waals surface area contributed by atoms with Gasteiger partial charge >= 0.3 is 6.03 Å². The van der Waals surface area contributed by atoms with Crippen LogP contribution < -0.4 is 5.32 Å². The first-order valence-corrected chi connectivity index (χ1v) is 11.3. The van der Waals surface area contributed by atoms with Gasteiger partial charge in [-0.1, -0.05) is 36.4 Å². The van der Waals surface area contributed by atoms with E-state index in [0.29, 0.717) is 30.4 Å². The number of carbonyl (C=O) groups is 1. The highest BCUT2D eigenvalue weighted by Crippen LogP contribution is 2.23. The Labute approximate surface area is 184 Å². The van der Waals surface area contributed by atoms with E-state index in [1.807, 2.05) is 0 Å². The Morgan fingerprint density at radius 3 is 2.29 bits per heavy atom. The third-order valence-corrected chi connectivity index (χ3v) is 6.41. The van der Waals surface area contributed by atoms with Gasteiger partial charge in [-0.2, -0.15) is 0 Å². The normalized spacial score (nSPS) is 18.8. The van der Waals surface area contributed by atoms with Crippen molar-refractivity contribution in [2.45, 2.75) is 51.4 Å². The Morgan fingerprint density at radius 2 is 1.61 bits per heavy atom. The summed E-state index contributed by atoms with van der Waals surface area (Å²) in [7, 11) is 0. The molecule has 0 spiro atoms. The smallest absolute Gasteiger partial charge is 0.321 e. The average molecular weight is 426 g/mol. The van der Waals surface area contributed by atoms with Crippen LogP contribution in [0.5, 0.6) is 0 Å². The fourth-order valence-corrected chi connectivity index (χ4v) is 4.45. The lowest BCUT2D eigenvalue weighted by Crippen LogP contribution is -2.45. The first-order chi connectivity index (χ1) is 15.1. The number of ether oxygens (including phenoxy) is 1. The van der Waals surface area contributed by atoms with Gasteiger partial charge in [-0.05, 0) is 50.3 Å². The molecule has 0 bridgehead atoms. The van der Waals surface area contributed by atoms with Crippen molar-refractivity contribution in [3.05, 3.63) is 65.5 Å². The molecule has 4 rings (SSSR count). The summed E-state index contributed by atoms with van der Waals surface area (Å²) in [5.41, 5.74) is 2.36. The van der Waals surface area contributed by atoms with Crippen molar-refractivity contribution in [2.24, 2.45) is 0 Å². The molecule has 0 aromatic heterocycles. The van der Waals surface area contributed by atoms with Crippen LogP contribution in [0, 0.1) is 12.7 Å². The summed E-state index contributed by atoms with van der Waals surface area (Å²) in [4.78, 5) is 16.9. The van der Waals surface area contributed by atoms with Crippen LogP contribution >= 0.6 is 0 Å². The number of likely N-dealkylation sites (tertiary alicyclic amines) is 2. The summed E-state index contributed by atoms with van der Waals surface area (Å²) in [5.74, 6) is -0.306. The van der Waals surface area contributed by atoms with Gasteiger partial charge in [-0.3, -0.25) is 4.90 Å². The molecule has 2 heterocycles. The minimum atomic E-state index is -0.306. The van der Waals surface area contributed by atoms with E-state index in [2.05, 4.69) is 40.5 Å². The van der Waals surface area contributed by atoms with Crippen LogP contribution in [0.25, 0.3) is 0 Å². The van der Waals surface area contributed by atoms with Gasteiger partial charge in [0.1, 0.15) is 5.82 Å². The molecule has 31 heavy (non-hydrogen) atoms. The second-order valence-corrected chi connectivity index (χ2v) is 8.63. The molecule has 0 radical (unpaired) electrons. The highest BCUT2D eigenvalue weighted by atomic mass is 19.1. The van der Waals surface area contributed by atoms with E-state index >= 15 is 0 Å². The van der Waals surface area contributed by atoms with Gasteiger partial charge in [-0.15, -0.1) is 0 Å². The van der Waals surface area contributed by atoms with Crippen LogP contribution in [0.3, 0.4) is 0 Å². The van der Waals surface area contributed by atoms with Crippen molar-refractivity contribution in [3.63, 3.8) is 0 Å². The molecule has 0 saturated carbocycles. The van der Waals surface area contributed by atoms with Crippen molar-refractivity contribution < 1.29 is 13.9 Å². The number of nitrogens with one attached hydrogen (secondary N) is 1. The summed E-state index contributed by atoms with van der Waals surface area (Å²) in [6.07, 6.45) is 4.34. The Hall–Kier alpha value is -2.44. The predicted molar refractivity (Wildman–Crippen MR) is 121 cm³/mol. The molecular formula is C25H32FN3O2. The largest absolute Gasteiger partial charge is 0.375 e. The summed E-state index contributed by atoms with van der Waals surface area (Å²) < 4.78 is 20.1. The third-order valence-electron chi connectivity index (χ3n) is 6.41. The summed E-state index contributed by atoms with van der Waals surface area (Å²) in [6, 6.07) is 15.2. The van der Waals surface area contributed by atoms with Gasteiger partial charge in [0.05, 0.1) is 12.2 Å². The Balaban J connectivity index is 1.18. The minimum Gasteiger partial charge on any atom is -0.375 e. The van der Waals surface area contributed by atoms with Crippen LogP contribution in [0.1, 0.15) is 36.8 Å². The molecule has 6 heteroatoms. The van der Waals surface area contributed by atoms with Gasteiger partial charge in [0.15, 0.2) is 0 Å². The molecule has 1 N–H and O–H groups in total. The Kier molecular flexibility index (Phi) is 7.20. The summed E-state index contributed by atoms with van der Waals surface area (Å²) >= 11 is 0. The van der Waals surface area contributed by atoms with Crippen LogP contribution in [-0.4, -0.2) is 54.2 Å². The second-order valence-electron chi connectivity index (χ2n) is 8.63. The molecule has 2 amide bonds. The van der Waals surface area contributed by atoms with E-state index in [1.165, 1.54) is 11.6 Å². The molecule has 2 aliphatic heterocycles. The van der Waals surface area contributed by atoms with Crippen molar-refractivity contribution in [1.29, 1.82) is 0 Å². The number of hydrogen-bond donors (Lipinski definition) is 1. The quantitative estimate of drug-likeness (QED) is 0.748. The average Bonchev–Trinajstić information content (AvgIpc) is 2.79. The van der Waals surface area contributed by atoms with Gasteiger partial charge in [-0.25, -0.2) is 9.18 Å². The van der Waals surface area contributed by atoms with Gasteiger partial charge < -0.3 is 15.0 Å². The monoisotopic (exact) mass is 425 g/mol. The zero-order valence-corrected chi connectivity index (χ0v) is 18.2. The van der Waals surface area contributed by atoms with E-state index < -0.39 is 0 Å². The van der Waals surface area contributed by atoms with E-state index in [-0.39, 0.29) is 18.0 Å². The van der Waals surface area contributed by atoms with Gasteiger partial charge in [0.2, 0.25) is 0 Å². The topological polar surface area (TPSA) is 44.8 Å². The number of hydrogen-bond acceptors (Lipinski definition) is 3. The van der Waals surface area contributed by atoms with E-state index in [9.17, 15) is 9.18 Å². The molecule has 2 fully saturated rings. The molecule has 2 aromatic rings. The number of amides is 2. The summed E-state index contributed by atoms with van der Waals surface area (Å²) in [6.45, 7) is 6.14. The molecule has 166 valence electrons. The number of anilines is 1. The number of nitrogens with zero attached hydrogens (tertiary/aromatic N) is 2. The Morgan fingerprint density at radius 1 is 0.968 bits per heavy atom. The van der Waals surface area contributed by atoms with Crippen LogP contribution in [0.4, 0.5) is 14.9 Å². The number of rotatable bonds is 5. The number of urea groups is 1. The lowest BCUT2D eigenvalue weighted by Gasteiger charge is -2.37. The van der Waals surface area contributed by atoms with Crippen LogP contribution in [-0.2, 0) is 11.3 Å². The standard InChI is InChI=1S/C25H32FN3O2/c1-19-23(26)8-5-9-24(19)27-25(30)29-16-12-22(13-17-29)31-21-10-14-28(15-11-21)18-20-6-3-2-4-7-20/h2-9,21-22H,10-18H2,1H3,(H,27,30). The Bertz CT molecular complexity index is 860. The molecule has 2 saturated heterocycles. The van der Waals surface area contributed by atoms with Gasteiger partial charge in [0.25, 0.3) is 0 Å². The van der Waals surface area contributed by atoms with Crippen LogP contribution in [0.2, 0.25) is 0 Å². The minimum absolute atomic E-state index is 0.165. The maximum absolute atomic E-state index is 13.7. The summed E-state index contributed by atoms with van der Waals surface area (Å²) in [5, 5.41) is 2.84. The molecule has 0 aliphatic carbocycles. The number of benzene rings is 2. The van der Waals surface area contributed by atoms with E-state index in [1.54, 1.807) is 24.0 Å². The molecular weight excluding hydrogens is 393 g/mol. The first kappa shape index (κ1) is 21.8. The zero-order chi connectivity index (χ0) is 21.6. The lowest BCUT2D eigenvalue weighted by molar-refractivity contribution is -0.0616. The van der Waals surface area contributed by atoms with Crippen molar-refractivity contribution in [2.75, 3.05) is 31.5 Å². The zero-order valence-electron chi connectivity index (χ0n) is 18.2. The number of carbonyl (C=O) groups excluding carboxylic acids is 1. The lowest BCUT2D eigenvalue weighted by atomic mass is 10.0. The third kappa shape index (κ3) is 5.83. The molecule has 0 unspecified atom stereocenters. The maximum atomic E-state index is 13.7. The SMILES string of the molecule is Cc1c(F)cccc1NC(=O)N1CCC(OC2CCN(Cc3ccccc3)CC2)CC1. The number of halogens is 1. The molecule has 2 aromatic carbocycles. The van der Waals surface area contributed by atoms with Crippen molar-refractivity contribution in [1.82, 2.24) is 9.80 Å². The fraction of sp³-hybridized carbons (Fsp3) is 0.480. The highest BCUT2D eigenvalue weighted by Gasteiger charge is 2.27. The number of piperidine rings is 2. The molecule has 2 aliphatic rings. The van der Waals surface area contributed by atoms with Crippen LogP contribution in [0.15, 0.2) is 48.5 Å². The van der Waals surface area contributed by atoms with Crippen molar-refractivity contribution in [3.8, 4) is 0 Å². The maximum Gasteiger partial charge on any atom is 0.321 e. The highest BCUT2D eigenvalue weighted by molar-refractivity contribution is 5.90. The first-order valence-electron chi connectivity index (χ1n) is 11.3. The second kappa shape index (κ2) is 10.2. The van der Waals surface area contributed by atoms with Gasteiger partial charge in [0, 0.05) is 44.0 Å². The van der Waals surface area contributed by atoms with Crippen molar-refractivity contribution >= 4 is 11.7 Å². The van der Waals surface area contributed by atoms with E-state index in [4.69, 9.17) is 4.74 Å². The van der Waals surface area contributed by atoms with E-state index in [0.717, 1.165) is 45.3 Å².